The number of amides is 8. The molecule has 0 rings (SSSR count). The van der Waals surface area contributed by atoms with Gasteiger partial charge in [0.2, 0.25) is 41.4 Å². The second kappa shape index (κ2) is 51.5. The Morgan fingerprint density at radius 1 is 0.354 bits per heavy atom. The fourth-order valence-electron chi connectivity index (χ4n) is 8.44. The number of carboxylic acid groups (broad SMARTS) is 1. The molecule has 8 amide bonds. The van der Waals surface area contributed by atoms with Gasteiger partial charge in [-0.3, -0.25) is 38.4 Å². The summed E-state index contributed by atoms with van der Waals surface area (Å²) >= 11 is 0. The molecule has 0 bridgehead atoms. The van der Waals surface area contributed by atoms with Crippen molar-refractivity contribution in [3.8, 4) is 0 Å². The Morgan fingerprint density at radius 3 is 0.915 bits per heavy atom. The van der Waals surface area contributed by atoms with Crippen LogP contribution in [0.3, 0.4) is 0 Å². The lowest BCUT2D eigenvalue weighted by molar-refractivity contribution is -0.406. The highest BCUT2D eigenvalue weighted by atomic mass is 16.5. The van der Waals surface area contributed by atoms with Crippen molar-refractivity contribution in [2.24, 2.45) is 0 Å². The summed E-state index contributed by atoms with van der Waals surface area (Å²) in [6.45, 7) is 5.48. The van der Waals surface area contributed by atoms with Crippen LogP contribution in [0.15, 0.2) is 0 Å². The summed E-state index contributed by atoms with van der Waals surface area (Å²) in [7, 11) is 3.10. The Hall–Kier alpha value is -5.17. The molecule has 0 aromatic rings. The average Bonchev–Trinajstić information content (AvgIpc) is 3.46. The second-order valence-corrected chi connectivity index (χ2v) is 20.5. The van der Waals surface area contributed by atoms with Crippen molar-refractivity contribution >= 4 is 53.2 Å². The van der Waals surface area contributed by atoms with Crippen LogP contribution in [0, 0.1) is 0 Å². The van der Waals surface area contributed by atoms with Gasteiger partial charge in [0.05, 0.1) is 84.4 Å². The molecule has 26 N–H and O–H groups in total. The standard InChI is InChI=1S/C54H106N14O14/c1-79-35-37-81-33-24-46(69)61-31-15-8-22-44(67-49(72)40(18-4-11-27-56)63-48(71)39(60)17-3-10-26-55)52(75)65-41(19-5-12-28-57)50(73)64-42(20-6-13-29-58)51(74)66-43(21-7-14-30-59)53(76)68-45(54(77)78)23-9-16-32-62-47(70)25-34-82-38-36-80-2/h39-45H,3-38,55-60H2,1-2H3,(H,61,69)(H,62,70)(H,63,71)(H,64,73)(H,65,75)(H,66,74)(H,67,72)(H,68,76)(H,77,78)/p+5. The average molecular weight is 1180 g/mol. The van der Waals surface area contributed by atoms with Crippen LogP contribution in [0.4, 0.5) is 0 Å². The van der Waals surface area contributed by atoms with E-state index >= 15 is 0 Å². The van der Waals surface area contributed by atoms with Crippen molar-refractivity contribution in [3.05, 3.63) is 0 Å². The number of carbonyl (C=O) groups is 9. The van der Waals surface area contributed by atoms with Gasteiger partial charge >= 0.3 is 0 Å². The van der Waals surface area contributed by atoms with Crippen LogP contribution in [-0.2, 0) is 62.1 Å². The Kier molecular flexibility index (Phi) is 48.2. The van der Waals surface area contributed by atoms with Crippen LogP contribution in [0.5, 0.6) is 0 Å². The Balaban J connectivity index is 6.59. The van der Waals surface area contributed by atoms with E-state index in [1.165, 1.54) is 0 Å². The second-order valence-electron chi connectivity index (χ2n) is 20.5. The van der Waals surface area contributed by atoms with Crippen LogP contribution < -0.4 is 82.0 Å². The van der Waals surface area contributed by atoms with E-state index in [4.69, 9.17) is 18.9 Å². The summed E-state index contributed by atoms with van der Waals surface area (Å²) in [4.78, 5) is 122. The number of nitrogens with one attached hydrogen (secondary N) is 8. The maximum absolute atomic E-state index is 14.5. The molecule has 0 heterocycles. The van der Waals surface area contributed by atoms with Gasteiger partial charge in [-0.25, -0.2) is 0 Å². The number of rotatable bonds is 55. The van der Waals surface area contributed by atoms with Crippen LogP contribution >= 0.6 is 0 Å². The zero-order valence-electron chi connectivity index (χ0n) is 50.0. The topological polar surface area (TPSA) is 476 Å². The lowest BCUT2D eigenvalue weighted by Gasteiger charge is -2.28. The lowest BCUT2D eigenvalue weighted by atomic mass is 10.0. The van der Waals surface area contributed by atoms with E-state index < -0.39 is 83.7 Å². The zero-order valence-corrected chi connectivity index (χ0v) is 50.0. The fourth-order valence-corrected chi connectivity index (χ4v) is 8.44. The number of hydrogen-bond donors (Lipinski definition) is 14. The number of unbranched alkanes of at least 4 members (excludes halogenated alkanes) is 7. The quantitative estimate of drug-likeness (QED) is 0.0252. The van der Waals surface area contributed by atoms with Gasteiger partial charge in [0, 0.05) is 46.6 Å². The molecule has 0 aromatic carbocycles. The van der Waals surface area contributed by atoms with Gasteiger partial charge in [-0.05, 0) is 128 Å². The number of quaternary nitrogens is 6. The van der Waals surface area contributed by atoms with E-state index in [0.29, 0.717) is 143 Å². The summed E-state index contributed by atoms with van der Waals surface area (Å²) in [5.74, 6) is -5.78. The Labute approximate surface area is 485 Å². The molecule has 28 heteroatoms. The predicted octanol–water partition coefficient (Wildman–Crippen LogP) is -8.00. The van der Waals surface area contributed by atoms with E-state index in [-0.39, 0.29) is 89.5 Å². The van der Waals surface area contributed by atoms with Gasteiger partial charge in [0.15, 0.2) is 6.04 Å². The molecular formula is C54H111N14O14+5. The minimum Gasteiger partial charge on any atom is -0.548 e. The number of methoxy groups -OCH3 is 2. The maximum atomic E-state index is 14.5. The van der Waals surface area contributed by atoms with E-state index in [9.17, 15) is 48.3 Å². The van der Waals surface area contributed by atoms with Gasteiger partial charge in [0.1, 0.15) is 30.2 Å². The summed E-state index contributed by atoms with van der Waals surface area (Å²) < 4.78 is 20.6. The number of hydrogen-bond acceptors (Lipinski definition) is 14. The molecular weight excluding hydrogens is 1070 g/mol. The summed E-state index contributed by atoms with van der Waals surface area (Å²) in [5.41, 5.74) is 23.5. The number of carbonyl (C=O) groups excluding carboxylic acids is 9. The molecule has 7 atom stereocenters. The third kappa shape index (κ3) is 39.3. The molecule has 0 saturated heterocycles. The predicted molar refractivity (Wildman–Crippen MR) is 300 cm³/mol. The highest BCUT2D eigenvalue weighted by molar-refractivity contribution is 5.97. The fraction of sp³-hybridized carbons (Fsp3) is 0.833. The van der Waals surface area contributed by atoms with Crippen molar-refractivity contribution in [2.75, 3.05) is 99.7 Å². The smallest absolute Gasteiger partial charge is 0.278 e. The molecule has 82 heavy (non-hydrogen) atoms. The molecule has 7 unspecified atom stereocenters. The van der Waals surface area contributed by atoms with Gasteiger partial charge in [-0.2, -0.15) is 0 Å². The van der Waals surface area contributed by atoms with Crippen LogP contribution in [0.2, 0.25) is 0 Å². The number of ether oxygens (including phenoxy) is 4. The van der Waals surface area contributed by atoms with Gasteiger partial charge < -0.3 is 106 Å². The summed E-state index contributed by atoms with van der Waals surface area (Å²) in [5, 5.41) is 34.5. The minimum absolute atomic E-state index is 0.00752. The Bertz CT molecular complexity index is 1780. The Morgan fingerprint density at radius 2 is 0.622 bits per heavy atom. The zero-order chi connectivity index (χ0) is 61.2. The molecule has 0 fully saturated rings. The molecule has 0 aliphatic carbocycles. The third-order valence-electron chi connectivity index (χ3n) is 13.5. The van der Waals surface area contributed by atoms with E-state index in [1.54, 1.807) is 14.2 Å². The highest BCUT2D eigenvalue weighted by Crippen LogP contribution is 2.12. The maximum Gasteiger partial charge on any atom is 0.278 e. The third-order valence-corrected chi connectivity index (χ3v) is 13.5. The molecule has 0 aromatic heterocycles. The first-order valence-electron chi connectivity index (χ1n) is 30.0. The van der Waals surface area contributed by atoms with Crippen molar-refractivity contribution in [3.63, 3.8) is 0 Å². The molecule has 0 saturated carbocycles. The highest BCUT2D eigenvalue weighted by Gasteiger charge is 2.33. The lowest BCUT2D eigenvalue weighted by Crippen LogP contribution is -2.69. The molecule has 28 nitrogen and oxygen atoms in total. The molecule has 0 radical (unpaired) electrons. The van der Waals surface area contributed by atoms with Crippen molar-refractivity contribution in [1.82, 2.24) is 42.5 Å². The monoisotopic (exact) mass is 1180 g/mol. The summed E-state index contributed by atoms with van der Waals surface area (Å²) in [6.07, 6.45) is 9.13. The molecule has 0 aliphatic rings. The van der Waals surface area contributed by atoms with Crippen molar-refractivity contribution < 1.29 is 102 Å². The first kappa shape index (κ1) is 76.8. The van der Waals surface area contributed by atoms with E-state index in [1.807, 2.05) is 0 Å². The minimum atomic E-state index is -1.52. The first-order chi connectivity index (χ1) is 39.5. The van der Waals surface area contributed by atoms with Gasteiger partial charge in [-0.1, -0.05) is 0 Å². The normalized spacial score (nSPS) is 13.8. The van der Waals surface area contributed by atoms with Crippen molar-refractivity contribution in [1.29, 1.82) is 0 Å². The first-order valence-corrected chi connectivity index (χ1v) is 30.0. The molecule has 476 valence electrons. The summed E-state index contributed by atoms with van der Waals surface area (Å²) in [6, 6.07) is -7.81. The van der Waals surface area contributed by atoms with E-state index in [0.717, 1.165) is 12.8 Å². The largest absolute Gasteiger partial charge is 0.548 e. The van der Waals surface area contributed by atoms with Crippen LogP contribution in [-0.4, -0.2) is 195 Å². The SMILES string of the molecule is COCCOCCC(=O)NCCCCC(NC(=O)C(CCCC[NH3+])NC(=O)C(CCCC[NH3+])NC(=O)C(CCCC[NH3+])NC(=O)C(CCCCNC(=O)CCOCCOC)NC(=O)C(CCCC[NH3+])NC(=O)C([NH3+])CCCC[NH3+])C(=O)[O-]. The number of carboxylic acids is 1. The molecule has 0 aliphatic heterocycles. The number of aliphatic carboxylic acids is 1. The van der Waals surface area contributed by atoms with Crippen LogP contribution in [0.1, 0.15) is 148 Å². The van der Waals surface area contributed by atoms with Crippen LogP contribution in [0.25, 0.3) is 0 Å². The molecule has 0 spiro atoms. The van der Waals surface area contributed by atoms with Crippen molar-refractivity contribution in [2.45, 2.75) is 190 Å². The van der Waals surface area contributed by atoms with Gasteiger partial charge in [-0.15, -0.1) is 0 Å². The van der Waals surface area contributed by atoms with Gasteiger partial charge in [0.25, 0.3) is 5.91 Å². The van der Waals surface area contributed by atoms with E-state index in [2.05, 4.69) is 76.9 Å².